The number of pyridine rings is 5. The normalized spacial score (nSPS) is 11.3. The van der Waals surface area contributed by atoms with Gasteiger partial charge in [0.15, 0.2) is 0 Å². The molecule has 0 amide bonds. The maximum absolute atomic E-state index is 5.06. The summed E-state index contributed by atoms with van der Waals surface area (Å²) in [5, 5.41) is 17.8. The molecule has 24 rings (SSSR count). The Morgan fingerprint density at radius 1 is 0.364 bits per heavy atom. The first-order valence-corrected chi connectivity index (χ1v) is 51.1. The van der Waals surface area contributed by atoms with Crippen molar-refractivity contribution >= 4 is 221 Å². The molecule has 143 heavy (non-hydrogen) atoms. The molecule has 14 aromatic carbocycles. The number of aryl methyl sites for hydroxylation is 7. The smallest absolute Gasteiger partial charge is 1.00 e. The Bertz CT molecular complexity index is 8560. The molecule has 0 saturated heterocycles. The summed E-state index contributed by atoms with van der Waals surface area (Å²) in [4.78, 5) is 24.2. The molecule has 10 heterocycles. The number of aromatic nitrogens is 10. The number of hydrogen-bond donors (Lipinski definition) is 0. The molecule has 0 aliphatic heterocycles. The van der Waals surface area contributed by atoms with E-state index in [0.717, 1.165) is 121 Å². The van der Waals surface area contributed by atoms with Crippen molar-refractivity contribution in [1.82, 2.24) is 51.4 Å². The number of hydrogen-bond acceptors (Lipinski definition) is 5. The van der Waals surface area contributed by atoms with Crippen molar-refractivity contribution < 1.29 is 96.5 Å². The van der Waals surface area contributed by atoms with Gasteiger partial charge in [-0.15, -0.1) is 143 Å². The topological polar surface area (TPSA) is 86.5 Å². The summed E-state index contributed by atoms with van der Waals surface area (Å²) in [6.07, 6.45) is 14.2. The molecule has 0 atom stereocenters. The van der Waals surface area contributed by atoms with Gasteiger partial charge in [-0.3, -0.25) is 24.4 Å². The van der Waals surface area contributed by atoms with Gasteiger partial charge in [0, 0.05) is 69.1 Å². The Morgan fingerprint density at radius 2 is 0.748 bits per heavy atom. The second kappa shape index (κ2) is 47.7. The largest absolute Gasteiger partial charge is 2.00 e. The van der Waals surface area contributed by atoms with E-state index in [4.69, 9.17) is 29.6 Å². The van der Waals surface area contributed by atoms with Crippen LogP contribution in [0.3, 0.4) is 0 Å². The van der Waals surface area contributed by atoms with E-state index in [9.17, 15) is 0 Å². The summed E-state index contributed by atoms with van der Waals surface area (Å²) in [7, 11) is 11.2. The Hall–Kier alpha value is -9.35. The molecule has 10 aromatic heterocycles. The zero-order chi connectivity index (χ0) is 94.7. The Kier molecular flexibility index (Phi) is 37.5. The average molecular weight is 2210 g/mol. The predicted octanol–water partition coefficient (Wildman–Crippen LogP) is 17.7. The first-order chi connectivity index (χ1) is 65.8. The Balaban J connectivity index is 0.000000159. The van der Waals surface area contributed by atoms with Crippen LogP contribution in [0, 0.1) is 96.0 Å². The zero-order valence-corrected chi connectivity index (χ0v) is 98.1. The summed E-state index contributed by atoms with van der Waals surface area (Å²) >= 11 is 0.847. The van der Waals surface area contributed by atoms with Gasteiger partial charge in [-0.25, -0.2) is 4.98 Å². The van der Waals surface area contributed by atoms with Gasteiger partial charge < -0.3 is 82.4 Å². The van der Waals surface area contributed by atoms with Gasteiger partial charge in [0.2, 0.25) is 5.82 Å². The van der Waals surface area contributed by atoms with Gasteiger partial charge in [-0.2, -0.15) is 0 Å². The van der Waals surface area contributed by atoms with Crippen molar-refractivity contribution in [2.24, 2.45) is 17.3 Å². The summed E-state index contributed by atoms with van der Waals surface area (Å²) in [5.74, 6) is 2.27. The fourth-order valence-corrected chi connectivity index (χ4v) is 20.5. The minimum atomic E-state index is 0. The third-order valence-corrected chi connectivity index (χ3v) is 26.4. The number of benzene rings is 14. The Labute approximate surface area is 954 Å². The van der Waals surface area contributed by atoms with Gasteiger partial charge in [0.1, 0.15) is 0 Å². The summed E-state index contributed by atoms with van der Waals surface area (Å²) in [6, 6.07) is 114. The molecule has 20 heteroatoms. The van der Waals surface area contributed by atoms with Crippen molar-refractivity contribution in [3.8, 4) is 33.8 Å². The van der Waals surface area contributed by atoms with Crippen LogP contribution in [0.15, 0.2) is 304 Å². The van der Waals surface area contributed by atoms with Gasteiger partial charge in [-0.1, -0.05) is 232 Å². The molecule has 0 saturated carbocycles. The number of rotatable bonds is 11. The summed E-state index contributed by atoms with van der Waals surface area (Å²) in [5.41, 5.74) is 34.1. The Morgan fingerprint density at radius 3 is 1.22 bits per heavy atom. The molecule has 0 N–H and O–H groups in total. The van der Waals surface area contributed by atoms with Crippen LogP contribution >= 0.6 is 9.69 Å². The number of nitrogens with zero attached hydrogens (tertiary/aromatic N) is 11. The monoisotopic (exact) mass is 2210 g/mol. The first kappa shape index (κ1) is 112. The number of imidazole rings is 5. The second-order valence-corrected chi connectivity index (χ2v) is 39.3. The van der Waals surface area contributed by atoms with Crippen LogP contribution in [0.25, 0.3) is 170 Å². The molecular formula is C123H111Cl2I2LiMg3N11Zn+. The van der Waals surface area contributed by atoms with Gasteiger partial charge in [0.05, 0.1) is 78.4 Å². The van der Waals surface area contributed by atoms with Crippen LogP contribution in [-0.2, 0) is 43.0 Å². The van der Waals surface area contributed by atoms with E-state index in [0.29, 0.717) is 16.3 Å². The minimum Gasteiger partial charge on any atom is -1.00 e. The molecular weight excluding hydrogens is 2100 g/mol. The standard InChI is InChI=1S/C31H33N2.C30H23N2.C29H29N2.C18H17N3.C15H9N2.2ClH.2HI.Li.3Mg.Zn/c1-19(2)14-23-16-27-25-12-7-8-13-26(25)31-32-18-29(30-21(5)10-9-11-22(30)6)33(31)28(27)17-24(23)15-20(3)4;1-20-9-8-10-21(2)29(20)28-19-31-30-25-14-7-6-13-24(25)26-18-23(15-16-27(26)32(28)30)17-22-11-4-3-5-12-22;1-18-10-9-11-19(2)26(18)27-20(3)30-28-23-13-8-7-12-22(23)24-16-21(17-29(4,5)6)14-15-25(24)31(27)28;1-21(2,3)17-12-20-16-11-7-6-9-14(16)13-8-4-5-10-15(13)18(20)19-17;1-2-7-13-11(5-1)12-6-3-4-8-14(12)17-10-9-16-15(13)17;;;;;;;;;/h7-12,16-20H,14-15H2,1-6H3;3-13,15-16,18-19H,17H2,1-2H3;7-12,14-16H,17H2,1-6H3;4-9,11-12H,1-3H3;1-6,8-10H;4*1H;;;;;/q3*-1;;-1;;;;;+1;4*+2/p-4. The molecule has 24 aromatic rings. The molecule has 0 bridgehead atoms. The zero-order valence-electron chi connectivity index (χ0n) is 85.1. The third-order valence-electron chi connectivity index (χ3n) is 26.4. The van der Waals surface area contributed by atoms with Gasteiger partial charge >= 0.3 is 115 Å². The third kappa shape index (κ3) is 22.3. The summed E-state index contributed by atoms with van der Waals surface area (Å²) < 4.78 is 12.1. The van der Waals surface area contributed by atoms with E-state index < -0.39 is 0 Å². The van der Waals surface area contributed by atoms with E-state index >= 15 is 0 Å². The maximum Gasteiger partial charge on any atom is 2.00 e. The number of halogens is 4. The van der Waals surface area contributed by atoms with Crippen LogP contribution in [0.4, 0.5) is 5.82 Å². The van der Waals surface area contributed by atoms with E-state index in [1.165, 1.54) is 165 Å². The van der Waals surface area contributed by atoms with Crippen LogP contribution in [-0.4, -0.2) is 137 Å². The predicted molar refractivity (Wildman–Crippen MR) is 587 cm³/mol. The molecule has 0 spiro atoms. The maximum atomic E-state index is 5.06. The van der Waals surface area contributed by atoms with Crippen molar-refractivity contribution in [1.29, 1.82) is 0 Å². The molecule has 0 radical (unpaired) electrons. The molecule has 0 fully saturated rings. The summed E-state index contributed by atoms with van der Waals surface area (Å²) in [6.45, 7) is 31.4. The number of quaternary nitrogens is 1. The molecule has 0 aliphatic rings. The number of para-hydroxylation sites is 2. The van der Waals surface area contributed by atoms with Crippen LogP contribution in [0.5, 0.6) is 0 Å². The molecule has 0 aliphatic carbocycles. The van der Waals surface area contributed by atoms with E-state index in [2.05, 4.69) is 418 Å². The fourth-order valence-electron chi connectivity index (χ4n) is 20.5. The molecule has 694 valence electrons. The second-order valence-electron chi connectivity index (χ2n) is 39.3. The van der Waals surface area contributed by atoms with E-state index in [1.807, 2.05) is 61.1 Å². The fraction of sp³-hybridized carbons (Fsp3) is 0.195. The average Bonchev–Trinajstić information content (AvgIpc) is 1.59. The molecule has 0 unspecified atom stereocenters. The van der Waals surface area contributed by atoms with E-state index in [-0.39, 0.29) is 154 Å². The van der Waals surface area contributed by atoms with Gasteiger partial charge in [-0.05, 0) is 210 Å². The van der Waals surface area contributed by atoms with Crippen molar-refractivity contribution in [3.05, 3.63) is 401 Å². The van der Waals surface area contributed by atoms with Crippen LogP contribution < -0.4 is 83.7 Å². The molecule has 11 nitrogen and oxygen atoms in total. The van der Waals surface area contributed by atoms with Gasteiger partial charge in [0.25, 0.3) is 0 Å². The van der Waals surface area contributed by atoms with Crippen LogP contribution in [0.2, 0.25) is 0 Å². The van der Waals surface area contributed by atoms with Crippen molar-refractivity contribution in [3.63, 3.8) is 0 Å². The number of fused-ring (bicyclic) bond motifs is 30. The minimum absolute atomic E-state index is 0. The van der Waals surface area contributed by atoms with E-state index in [1.54, 1.807) is 0 Å². The quantitative estimate of drug-likeness (QED) is 0.0423. The SMILES string of the molecule is C[N+](C)(C)c1cn2c3ccccc3c3ccc[c-]c3c2n1.Cc1cccc(C)c1-c1c(C)nc2c3[c-]cccc3c3cc(CC(C)(C)C)ccc3n12.Cc1cccc(C)c1-c1cnc2c3[c-]cccc3c3cc(CC(C)C)c(CC(C)C)cc3n12.Cc1cccc(C)c1-c1cnc2c3[c-]cccc3c3cc(Cc4ccccc4)ccc3n12.[Cl-].[Cl][Zn+].[I-].[I-].[Li+].[Mg+2].[Mg+2].[Mg+2].[c-]1cccc2c1c1nccn1c1ccccc21. The van der Waals surface area contributed by atoms with Crippen molar-refractivity contribution in [2.45, 2.75) is 123 Å². The van der Waals surface area contributed by atoms with Crippen molar-refractivity contribution in [2.75, 3.05) is 21.1 Å². The van der Waals surface area contributed by atoms with Crippen LogP contribution in [0.1, 0.15) is 115 Å². The first-order valence-electron chi connectivity index (χ1n) is 47.2.